The highest BCUT2D eigenvalue weighted by atomic mass is 15.3. The van der Waals surface area contributed by atoms with Crippen LogP contribution in [0.3, 0.4) is 0 Å². The molecule has 0 aromatic heterocycles. The molecule has 2 aliphatic heterocycles. The molecule has 0 aliphatic carbocycles. The van der Waals surface area contributed by atoms with Crippen LogP contribution in [0.15, 0.2) is 60.7 Å². The fourth-order valence-corrected chi connectivity index (χ4v) is 3.17. The smallest absolute Gasteiger partial charge is 0.128 e. The summed E-state index contributed by atoms with van der Waals surface area (Å²) in [5.41, 5.74) is 2.26. The van der Waals surface area contributed by atoms with Crippen LogP contribution in [0.1, 0.15) is 43.7 Å². The number of amidine groups is 1. The van der Waals surface area contributed by atoms with Crippen LogP contribution in [0.2, 0.25) is 0 Å². The van der Waals surface area contributed by atoms with E-state index in [0.29, 0.717) is 5.84 Å². The fourth-order valence-electron chi connectivity index (χ4n) is 3.17. The van der Waals surface area contributed by atoms with Gasteiger partial charge in [-0.05, 0) is 30.9 Å². The molecule has 1 fully saturated rings. The van der Waals surface area contributed by atoms with Crippen LogP contribution in [-0.2, 0) is 6.54 Å². The van der Waals surface area contributed by atoms with Crippen molar-refractivity contribution < 1.29 is 0 Å². The summed E-state index contributed by atoms with van der Waals surface area (Å²) in [6, 6.07) is 8.43. The molecule has 0 spiro atoms. The van der Waals surface area contributed by atoms with Crippen LogP contribution in [0.4, 0.5) is 0 Å². The number of hydrogen-bond acceptors (Lipinski definition) is 3. The van der Waals surface area contributed by atoms with Gasteiger partial charge in [0.25, 0.3) is 0 Å². The maximum Gasteiger partial charge on any atom is 0.128 e. The van der Waals surface area contributed by atoms with Gasteiger partial charge in [0.1, 0.15) is 11.7 Å². The first-order valence-electron chi connectivity index (χ1n) is 9.27. The van der Waals surface area contributed by atoms with Crippen molar-refractivity contribution in [3.05, 3.63) is 71.8 Å². The molecule has 4 nitrogen and oxygen atoms in total. The van der Waals surface area contributed by atoms with Crippen LogP contribution >= 0.6 is 0 Å². The van der Waals surface area contributed by atoms with Crippen molar-refractivity contribution in [2.24, 2.45) is 0 Å². The second-order valence-corrected chi connectivity index (χ2v) is 6.60. The van der Waals surface area contributed by atoms with E-state index in [4.69, 9.17) is 5.41 Å². The number of allylic oxidation sites excluding steroid dienone is 3. The average molecular weight is 336 g/mol. The van der Waals surface area contributed by atoms with Crippen molar-refractivity contribution in [1.29, 1.82) is 5.41 Å². The molecule has 3 rings (SSSR count). The van der Waals surface area contributed by atoms with Crippen molar-refractivity contribution in [1.82, 2.24) is 15.1 Å². The van der Waals surface area contributed by atoms with E-state index in [1.165, 1.54) is 24.8 Å². The lowest BCUT2D eigenvalue weighted by molar-refractivity contribution is 0.462. The minimum absolute atomic E-state index is 0.661. The zero-order valence-corrected chi connectivity index (χ0v) is 15.0. The van der Waals surface area contributed by atoms with Crippen LogP contribution in [0.25, 0.3) is 0 Å². The second kappa shape index (κ2) is 8.56. The molecular weight excluding hydrogens is 308 g/mol. The van der Waals surface area contributed by atoms with Crippen LogP contribution in [0.5, 0.6) is 0 Å². The number of hydrogen-bond donors (Lipinski definition) is 2. The van der Waals surface area contributed by atoms with Gasteiger partial charge in [-0.15, -0.1) is 0 Å². The predicted molar refractivity (Wildman–Crippen MR) is 104 cm³/mol. The molecule has 1 aromatic carbocycles. The Bertz CT molecular complexity index is 664. The Morgan fingerprint density at radius 3 is 2.68 bits per heavy atom. The van der Waals surface area contributed by atoms with Gasteiger partial charge in [0.15, 0.2) is 0 Å². The first-order valence-corrected chi connectivity index (χ1v) is 9.27. The molecule has 4 heteroatoms. The molecule has 1 saturated heterocycles. The van der Waals surface area contributed by atoms with Gasteiger partial charge in [0.05, 0.1) is 0 Å². The topological polar surface area (TPSA) is 42.4 Å². The molecule has 25 heavy (non-hydrogen) atoms. The first-order chi connectivity index (χ1) is 12.3. The number of benzene rings is 1. The van der Waals surface area contributed by atoms with Gasteiger partial charge in [0.2, 0.25) is 0 Å². The highest BCUT2D eigenvalue weighted by molar-refractivity contribution is 5.96. The summed E-state index contributed by atoms with van der Waals surface area (Å²) in [5, 5.41) is 11.6. The van der Waals surface area contributed by atoms with Crippen molar-refractivity contribution >= 4 is 5.84 Å². The lowest BCUT2D eigenvalue weighted by atomic mass is 10.1. The van der Waals surface area contributed by atoms with Crippen LogP contribution < -0.4 is 5.32 Å². The minimum atomic E-state index is 0.661. The van der Waals surface area contributed by atoms with E-state index in [-0.39, 0.29) is 0 Å². The Hall–Kier alpha value is -2.49. The quantitative estimate of drug-likeness (QED) is 0.605. The number of nitrogens with one attached hydrogen (secondary N) is 2. The largest absolute Gasteiger partial charge is 0.357 e. The Labute approximate surface area is 151 Å². The van der Waals surface area contributed by atoms with Crippen LogP contribution in [-0.4, -0.2) is 28.7 Å². The number of nitrogens with zero attached hydrogens (tertiary/aromatic N) is 2. The van der Waals surface area contributed by atoms with E-state index in [9.17, 15) is 0 Å². The average Bonchev–Trinajstić information content (AvgIpc) is 3.31. The Kier molecular flexibility index (Phi) is 5.94. The maximum absolute atomic E-state index is 8.34. The van der Waals surface area contributed by atoms with Crippen molar-refractivity contribution in [3.8, 4) is 0 Å². The lowest BCUT2D eigenvalue weighted by Gasteiger charge is -2.20. The van der Waals surface area contributed by atoms with Gasteiger partial charge in [-0.25, -0.2) is 0 Å². The highest BCUT2D eigenvalue weighted by Gasteiger charge is 2.16. The number of unbranched alkanes of at least 4 members (excludes halogenated alkanes) is 1. The van der Waals surface area contributed by atoms with E-state index in [1.807, 2.05) is 6.20 Å². The van der Waals surface area contributed by atoms with Gasteiger partial charge in [-0.3, -0.25) is 5.41 Å². The summed E-state index contributed by atoms with van der Waals surface area (Å²) in [6.07, 6.45) is 15.2. The van der Waals surface area contributed by atoms with Gasteiger partial charge in [-0.1, -0.05) is 49.8 Å². The number of rotatable bonds is 6. The summed E-state index contributed by atoms with van der Waals surface area (Å²) in [4.78, 5) is 4.38. The van der Waals surface area contributed by atoms with Gasteiger partial charge in [-0.2, -0.15) is 0 Å². The molecule has 132 valence electrons. The van der Waals surface area contributed by atoms with E-state index in [2.05, 4.69) is 70.7 Å². The maximum atomic E-state index is 8.34. The van der Waals surface area contributed by atoms with Gasteiger partial charge >= 0.3 is 0 Å². The molecule has 2 heterocycles. The molecule has 2 N–H and O–H groups in total. The fraction of sp³-hybridized carbons (Fsp3) is 0.381. The van der Waals surface area contributed by atoms with Crippen LogP contribution in [0, 0.1) is 5.41 Å². The highest BCUT2D eigenvalue weighted by Crippen LogP contribution is 2.17. The van der Waals surface area contributed by atoms with E-state index >= 15 is 0 Å². The standard InChI is InChI=1S/C21H28N4/c1-2-3-4-5-8-20-23-13-16-25(20)17-18-9-11-19(12-10-18)21(22)24-14-6-7-15-24/h4-5,8-13,16,22-23H,2-3,6-7,14-15,17H2,1H3/b5-4-,20-8+,22-21?. The Morgan fingerprint density at radius 1 is 1.20 bits per heavy atom. The summed E-state index contributed by atoms with van der Waals surface area (Å²) in [6.45, 7) is 5.05. The van der Waals surface area contributed by atoms with E-state index in [1.54, 1.807) is 0 Å². The van der Waals surface area contributed by atoms with Gasteiger partial charge in [0, 0.05) is 37.6 Å². The molecule has 0 radical (unpaired) electrons. The number of likely N-dealkylation sites (tertiary alicyclic amines) is 1. The summed E-state index contributed by atoms with van der Waals surface area (Å²) < 4.78 is 0. The summed E-state index contributed by atoms with van der Waals surface area (Å²) >= 11 is 0. The monoisotopic (exact) mass is 336 g/mol. The van der Waals surface area contributed by atoms with Crippen molar-refractivity contribution in [2.75, 3.05) is 13.1 Å². The Balaban J connectivity index is 1.60. The molecule has 1 aromatic rings. The Morgan fingerprint density at radius 2 is 1.96 bits per heavy atom. The normalized spacial score (nSPS) is 18.5. The van der Waals surface area contributed by atoms with Gasteiger partial charge < -0.3 is 15.1 Å². The third-order valence-corrected chi connectivity index (χ3v) is 4.64. The molecule has 0 saturated carbocycles. The van der Waals surface area contributed by atoms with E-state index in [0.717, 1.165) is 37.4 Å². The molecule has 0 unspecified atom stereocenters. The minimum Gasteiger partial charge on any atom is -0.357 e. The first kappa shape index (κ1) is 17.3. The zero-order chi connectivity index (χ0) is 17.5. The second-order valence-electron chi connectivity index (χ2n) is 6.60. The van der Waals surface area contributed by atoms with Crippen molar-refractivity contribution in [2.45, 2.75) is 39.2 Å². The SMILES string of the molecule is CCC/C=C\C=C1/NC=CN1Cc1ccc(C(=N)N2CCCC2)cc1. The predicted octanol–water partition coefficient (Wildman–Crippen LogP) is 4.18. The van der Waals surface area contributed by atoms with E-state index < -0.39 is 0 Å². The molecule has 0 amide bonds. The molecule has 0 atom stereocenters. The lowest BCUT2D eigenvalue weighted by Crippen LogP contribution is -2.27. The van der Waals surface area contributed by atoms with Crippen molar-refractivity contribution in [3.63, 3.8) is 0 Å². The molecule has 2 aliphatic rings. The molecular formula is C21H28N4. The summed E-state index contributed by atoms with van der Waals surface area (Å²) in [5.74, 6) is 1.76. The third-order valence-electron chi connectivity index (χ3n) is 4.64. The summed E-state index contributed by atoms with van der Waals surface area (Å²) in [7, 11) is 0. The third kappa shape index (κ3) is 4.53. The zero-order valence-electron chi connectivity index (χ0n) is 15.0. The molecule has 0 bridgehead atoms.